The van der Waals surface area contributed by atoms with E-state index < -0.39 is 5.91 Å². The number of hydrogen-bond donors (Lipinski definition) is 2. The van der Waals surface area contributed by atoms with E-state index in [4.69, 9.17) is 5.73 Å². The van der Waals surface area contributed by atoms with E-state index in [0.29, 0.717) is 0 Å². The molecular weight excluding hydrogens is 206 g/mol. The van der Waals surface area contributed by atoms with E-state index in [1.807, 2.05) is 34.6 Å². The first-order valence-electron chi connectivity index (χ1n) is 5.46. The summed E-state index contributed by atoms with van der Waals surface area (Å²) in [5, 5.41) is 3.09. The third kappa shape index (κ3) is 6.40. The van der Waals surface area contributed by atoms with Crippen LogP contribution in [0.2, 0.25) is 0 Å². The Labute approximate surface area is 97.4 Å². The number of primary amides is 1. The van der Waals surface area contributed by atoms with E-state index >= 15 is 0 Å². The Bertz CT molecular complexity index is 256. The fourth-order valence-electron chi connectivity index (χ4n) is 1.17. The van der Waals surface area contributed by atoms with Gasteiger partial charge in [-0.1, -0.05) is 0 Å². The van der Waals surface area contributed by atoms with Crippen LogP contribution in [-0.2, 0) is 9.59 Å². The molecule has 0 saturated carbocycles. The molecule has 5 nitrogen and oxygen atoms in total. The van der Waals surface area contributed by atoms with Crippen LogP contribution >= 0.6 is 0 Å². The lowest BCUT2D eigenvalue weighted by atomic mass is 10.1. The van der Waals surface area contributed by atoms with E-state index in [9.17, 15) is 9.59 Å². The summed E-state index contributed by atoms with van der Waals surface area (Å²) in [6.45, 7) is 9.85. The average Bonchev–Trinajstić information content (AvgIpc) is 2.08. The Balaban J connectivity index is 4.34. The standard InChI is InChI=1S/C11H23N3O2/c1-8(2)14(7-9(12)15)10(16)6-13-11(3,4)5/h8,13H,6-7H2,1-5H3,(H2,12,15). The van der Waals surface area contributed by atoms with Crippen molar-refractivity contribution >= 4 is 11.8 Å². The van der Waals surface area contributed by atoms with Crippen LogP contribution in [0.1, 0.15) is 34.6 Å². The van der Waals surface area contributed by atoms with Crippen molar-refractivity contribution in [1.82, 2.24) is 10.2 Å². The first-order chi connectivity index (χ1) is 7.13. The van der Waals surface area contributed by atoms with Crippen molar-refractivity contribution in [2.45, 2.75) is 46.2 Å². The maximum Gasteiger partial charge on any atom is 0.237 e. The van der Waals surface area contributed by atoms with Gasteiger partial charge in [0.25, 0.3) is 0 Å². The van der Waals surface area contributed by atoms with Crippen molar-refractivity contribution in [3.05, 3.63) is 0 Å². The second-order valence-electron chi connectivity index (χ2n) is 5.19. The van der Waals surface area contributed by atoms with Gasteiger partial charge in [-0.2, -0.15) is 0 Å². The summed E-state index contributed by atoms with van der Waals surface area (Å²) in [5.74, 6) is -0.596. The number of carbonyl (C=O) groups excluding carboxylic acids is 2. The largest absolute Gasteiger partial charge is 0.368 e. The van der Waals surface area contributed by atoms with E-state index in [-0.39, 0.29) is 30.6 Å². The Kier molecular flexibility index (Phi) is 5.44. The van der Waals surface area contributed by atoms with Crippen molar-refractivity contribution < 1.29 is 9.59 Å². The maximum atomic E-state index is 11.8. The summed E-state index contributed by atoms with van der Waals surface area (Å²) in [4.78, 5) is 24.1. The Morgan fingerprint density at radius 2 is 1.81 bits per heavy atom. The van der Waals surface area contributed by atoms with Crippen LogP contribution in [0.5, 0.6) is 0 Å². The van der Waals surface area contributed by atoms with Gasteiger partial charge in [-0.15, -0.1) is 0 Å². The van der Waals surface area contributed by atoms with Gasteiger partial charge in [0.1, 0.15) is 0 Å². The molecule has 0 heterocycles. The monoisotopic (exact) mass is 229 g/mol. The molecule has 3 N–H and O–H groups in total. The molecule has 0 aromatic heterocycles. The lowest BCUT2D eigenvalue weighted by Crippen LogP contribution is -2.49. The third-order valence-electron chi connectivity index (χ3n) is 2.04. The first-order valence-corrected chi connectivity index (χ1v) is 5.46. The molecule has 2 amide bonds. The number of rotatable bonds is 5. The van der Waals surface area contributed by atoms with Crippen LogP contribution < -0.4 is 11.1 Å². The molecule has 0 unspecified atom stereocenters. The van der Waals surface area contributed by atoms with Gasteiger partial charge in [0, 0.05) is 11.6 Å². The number of carbonyl (C=O) groups is 2. The second kappa shape index (κ2) is 5.84. The maximum absolute atomic E-state index is 11.8. The van der Waals surface area contributed by atoms with Crippen molar-refractivity contribution in [3.8, 4) is 0 Å². The zero-order chi connectivity index (χ0) is 12.9. The lowest BCUT2D eigenvalue weighted by Gasteiger charge is -2.28. The predicted molar refractivity (Wildman–Crippen MR) is 63.8 cm³/mol. The summed E-state index contributed by atoms with van der Waals surface area (Å²) in [6.07, 6.45) is 0. The van der Waals surface area contributed by atoms with Crippen molar-refractivity contribution in [2.24, 2.45) is 5.73 Å². The van der Waals surface area contributed by atoms with Gasteiger partial charge in [-0.3, -0.25) is 9.59 Å². The zero-order valence-electron chi connectivity index (χ0n) is 10.8. The predicted octanol–water partition coefficient (Wildman–Crippen LogP) is 0.0968. The molecular formula is C11H23N3O2. The van der Waals surface area contributed by atoms with Gasteiger partial charge in [0.15, 0.2) is 0 Å². The molecule has 0 bridgehead atoms. The third-order valence-corrected chi connectivity index (χ3v) is 2.04. The highest BCUT2D eigenvalue weighted by atomic mass is 16.2. The topological polar surface area (TPSA) is 75.4 Å². The number of nitrogens with zero attached hydrogens (tertiary/aromatic N) is 1. The van der Waals surface area contributed by atoms with Crippen molar-refractivity contribution in [1.29, 1.82) is 0 Å². The van der Waals surface area contributed by atoms with E-state index in [1.165, 1.54) is 4.90 Å². The molecule has 16 heavy (non-hydrogen) atoms. The molecule has 0 rings (SSSR count). The minimum absolute atomic E-state index is 0.0255. The highest BCUT2D eigenvalue weighted by Gasteiger charge is 2.20. The SMILES string of the molecule is CC(C)N(CC(N)=O)C(=O)CNC(C)(C)C. The summed E-state index contributed by atoms with van der Waals surface area (Å²) in [6, 6.07) is -0.0261. The molecule has 0 spiro atoms. The summed E-state index contributed by atoms with van der Waals surface area (Å²) >= 11 is 0. The molecule has 94 valence electrons. The van der Waals surface area contributed by atoms with Gasteiger partial charge < -0.3 is 16.0 Å². The van der Waals surface area contributed by atoms with Gasteiger partial charge >= 0.3 is 0 Å². The van der Waals surface area contributed by atoms with Crippen LogP contribution in [0.15, 0.2) is 0 Å². The quantitative estimate of drug-likeness (QED) is 0.702. The minimum Gasteiger partial charge on any atom is -0.368 e. The highest BCUT2D eigenvalue weighted by molar-refractivity contribution is 5.85. The number of amides is 2. The molecule has 0 aromatic rings. The molecule has 0 aliphatic heterocycles. The van der Waals surface area contributed by atoms with Crippen LogP contribution in [-0.4, -0.2) is 41.4 Å². The van der Waals surface area contributed by atoms with Gasteiger partial charge in [-0.05, 0) is 34.6 Å². The summed E-state index contributed by atoms with van der Waals surface area (Å²) < 4.78 is 0. The van der Waals surface area contributed by atoms with Crippen LogP contribution in [0.4, 0.5) is 0 Å². The normalized spacial score (nSPS) is 11.6. The molecule has 0 saturated heterocycles. The first kappa shape index (κ1) is 14.9. The number of nitrogens with one attached hydrogen (secondary N) is 1. The zero-order valence-corrected chi connectivity index (χ0v) is 10.8. The highest BCUT2D eigenvalue weighted by Crippen LogP contribution is 2.01. The Morgan fingerprint density at radius 1 is 1.31 bits per heavy atom. The lowest BCUT2D eigenvalue weighted by molar-refractivity contribution is -0.136. The molecule has 0 aromatic carbocycles. The Hall–Kier alpha value is -1.10. The van der Waals surface area contributed by atoms with E-state index in [1.54, 1.807) is 0 Å². The van der Waals surface area contributed by atoms with Crippen molar-refractivity contribution in [2.75, 3.05) is 13.1 Å². The van der Waals surface area contributed by atoms with E-state index in [0.717, 1.165) is 0 Å². The van der Waals surface area contributed by atoms with Crippen LogP contribution in [0.25, 0.3) is 0 Å². The Morgan fingerprint density at radius 3 is 2.12 bits per heavy atom. The van der Waals surface area contributed by atoms with Gasteiger partial charge in [0.05, 0.1) is 13.1 Å². The van der Waals surface area contributed by atoms with Gasteiger partial charge in [-0.25, -0.2) is 0 Å². The van der Waals surface area contributed by atoms with Crippen LogP contribution in [0.3, 0.4) is 0 Å². The number of nitrogens with two attached hydrogens (primary N) is 1. The molecule has 0 radical (unpaired) electrons. The van der Waals surface area contributed by atoms with Crippen LogP contribution in [0, 0.1) is 0 Å². The van der Waals surface area contributed by atoms with Gasteiger partial charge in [0.2, 0.25) is 11.8 Å². The van der Waals surface area contributed by atoms with E-state index in [2.05, 4.69) is 5.32 Å². The molecule has 0 aliphatic carbocycles. The molecule has 5 heteroatoms. The fourth-order valence-corrected chi connectivity index (χ4v) is 1.17. The molecule has 0 aliphatic rings. The fraction of sp³-hybridized carbons (Fsp3) is 0.818. The molecule has 0 atom stereocenters. The number of hydrogen-bond acceptors (Lipinski definition) is 3. The summed E-state index contributed by atoms with van der Waals surface area (Å²) in [5.41, 5.74) is 4.98. The summed E-state index contributed by atoms with van der Waals surface area (Å²) in [7, 11) is 0. The smallest absolute Gasteiger partial charge is 0.237 e. The minimum atomic E-state index is -0.488. The van der Waals surface area contributed by atoms with Crippen molar-refractivity contribution in [3.63, 3.8) is 0 Å². The average molecular weight is 229 g/mol. The second-order valence-corrected chi connectivity index (χ2v) is 5.19. The molecule has 0 fully saturated rings.